The number of rotatable bonds is 15. The van der Waals surface area contributed by atoms with Gasteiger partial charge in [-0.3, -0.25) is 19.4 Å². The van der Waals surface area contributed by atoms with E-state index in [-0.39, 0.29) is 51.0 Å². The Hall–Kier alpha value is -3.75. The van der Waals surface area contributed by atoms with Crippen molar-refractivity contribution >= 4 is 29.7 Å². The van der Waals surface area contributed by atoms with Crippen molar-refractivity contribution in [2.45, 2.75) is 69.4 Å². The average molecular weight is 578 g/mol. The molecule has 41 heavy (non-hydrogen) atoms. The van der Waals surface area contributed by atoms with Gasteiger partial charge < -0.3 is 47.7 Å². The van der Waals surface area contributed by atoms with Gasteiger partial charge in [-0.1, -0.05) is 30.3 Å². The minimum Gasteiger partial charge on any atom is -0.480 e. The first kappa shape index (κ1) is 33.5. The van der Waals surface area contributed by atoms with Crippen LogP contribution in [0.5, 0.6) is 0 Å². The molecule has 3 amide bonds. The van der Waals surface area contributed by atoms with Crippen molar-refractivity contribution in [2.75, 3.05) is 26.7 Å². The van der Waals surface area contributed by atoms with Gasteiger partial charge in [0.2, 0.25) is 17.7 Å². The number of likely N-dealkylation sites (tertiary alicyclic amines) is 1. The van der Waals surface area contributed by atoms with Crippen LogP contribution in [0, 0.1) is 5.92 Å². The van der Waals surface area contributed by atoms with Crippen molar-refractivity contribution in [3.63, 3.8) is 0 Å². The number of carboxylic acid groups (broad SMARTS) is 1. The highest BCUT2D eigenvalue weighted by atomic mass is 16.5. The number of carboxylic acids is 1. The van der Waals surface area contributed by atoms with Crippen LogP contribution >= 0.6 is 0 Å². The summed E-state index contributed by atoms with van der Waals surface area (Å²) in [6.07, 6.45) is -0.495. The van der Waals surface area contributed by atoms with Crippen molar-refractivity contribution in [1.29, 1.82) is 0 Å². The molecule has 1 saturated heterocycles. The molecule has 1 fully saturated rings. The number of nitrogens with one attached hydrogen (secondary N) is 2. The number of hydrogen-bond donors (Lipinski definition) is 7. The molecule has 1 heterocycles. The van der Waals surface area contributed by atoms with Crippen LogP contribution in [0.3, 0.4) is 0 Å². The highest BCUT2D eigenvalue weighted by Gasteiger charge is 2.38. The number of hydrogen-bond acceptors (Lipinski definition) is 8. The fourth-order valence-electron chi connectivity index (χ4n) is 4.78. The third kappa shape index (κ3) is 11.0. The van der Waals surface area contributed by atoms with Crippen LogP contribution in [0.4, 0.5) is 0 Å². The molecule has 0 aromatic heterocycles. The summed E-state index contributed by atoms with van der Waals surface area (Å²) in [6.45, 7) is 2.03. The van der Waals surface area contributed by atoms with E-state index in [0.717, 1.165) is 5.56 Å². The van der Waals surface area contributed by atoms with Crippen molar-refractivity contribution in [2.24, 2.45) is 28.1 Å². The number of aliphatic carboxylic acids is 1. The van der Waals surface area contributed by atoms with E-state index in [9.17, 15) is 29.4 Å². The maximum atomic E-state index is 13.4. The fourth-order valence-corrected chi connectivity index (χ4v) is 4.78. The first-order valence-corrected chi connectivity index (χ1v) is 13.6. The number of piperidine rings is 1. The van der Waals surface area contributed by atoms with Gasteiger partial charge >= 0.3 is 5.97 Å². The van der Waals surface area contributed by atoms with Crippen LogP contribution in [0.1, 0.15) is 38.2 Å². The van der Waals surface area contributed by atoms with Crippen molar-refractivity contribution in [3.05, 3.63) is 35.9 Å². The summed E-state index contributed by atoms with van der Waals surface area (Å²) in [5, 5.41) is 25.0. The highest BCUT2D eigenvalue weighted by Crippen LogP contribution is 2.24. The Kier molecular flexibility index (Phi) is 13.5. The van der Waals surface area contributed by atoms with Crippen LogP contribution in [0.15, 0.2) is 35.3 Å². The maximum absolute atomic E-state index is 13.4. The maximum Gasteiger partial charge on any atom is 0.326 e. The molecule has 228 valence electrons. The minimum absolute atomic E-state index is 0.0897. The van der Waals surface area contributed by atoms with Crippen molar-refractivity contribution in [1.82, 2.24) is 15.5 Å². The van der Waals surface area contributed by atoms with Crippen LogP contribution < -0.4 is 27.8 Å². The number of nitrogens with two attached hydrogens (primary N) is 3. The Morgan fingerprint density at radius 1 is 1.17 bits per heavy atom. The number of ether oxygens (including phenoxy) is 1. The lowest BCUT2D eigenvalue weighted by molar-refractivity contribution is -0.145. The first-order valence-electron chi connectivity index (χ1n) is 13.6. The molecule has 14 heteroatoms. The Bertz CT molecular complexity index is 1050. The fraction of sp³-hybridized carbons (Fsp3) is 0.593. The number of nitrogens with zero attached hydrogens (tertiary/aromatic N) is 2. The number of aliphatic hydroxyl groups is 1. The van der Waals surface area contributed by atoms with Gasteiger partial charge in [0.1, 0.15) is 12.1 Å². The number of guanidine groups is 1. The third-order valence-corrected chi connectivity index (χ3v) is 6.99. The molecule has 0 aliphatic carbocycles. The second-order valence-corrected chi connectivity index (χ2v) is 10.2. The summed E-state index contributed by atoms with van der Waals surface area (Å²) in [6, 6.07) is 5.90. The standard InChI is InChI=1S/C27H43N7O7/c1-16(35)23(33-24(37)19(28)13-17-7-4-3-5-8-17)25(38)34-12-10-21(41-2)18(15-34)14-22(36)32-20(26(39)40)9-6-11-31-27(29)30/h3-5,7-8,16,18-21,23,35H,6,9-15,28H2,1-2H3,(H,32,36)(H,33,37)(H,39,40)(H4,29,30,31)/t16-,18+,19-,20-,21-,23-/m0/s1. The average Bonchev–Trinajstić information content (AvgIpc) is 2.92. The Morgan fingerprint density at radius 3 is 2.44 bits per heavy atom. The van der Waals surface area contributed by atoms with Gasteiger partial charge in [0.05, 0.1) is 18.2 Å². The lowest BCUT2D eigenvalue weighted by atomic mass is 9.90. The summed E-state index contributed by atoms with van der Waals surface area (Å²) in [4.78, 5) is 55.9. The molecule has 1 aliphatic heterocycles. The molecule has 0 saturated carbocycles. The predicted octanol–water partition coefficient (Wildman–Crippen LogP) is -1.70. The Labute approximate surface area is 239 Å². The topological polar surface area (TPSA) is 236 Å². The number of carbonyl (C=O) groups excluding carboxylic acids is 3. The monoisotopic (exact) mass is 577 g/mol. The van der Waals surface area contributed by atoms with Gasteiger partial charge in [0.15, 0.2) is 5.96 Å². The number of aliphatic hydroxyl groups excluding tert-OH is 1. The van der Waals surface area contributed by atoms with Crippen LogP contribution in [-0.4, -0.2) is 102 Å². The van der Waals surface area contributed by atoms with E-state index in [1.165, 1.54) is 18.9 Å². The van der Waals surface area contributed by atoms with Gasteiger partial charge in [-0.25, -0.2) is 4.79 Å². The Morgan fingerprint density at radius 2 is 1.85 bits per heavy atom. The predicted molar refractivity (Wildman–Crippen MR) is 151 cm³/mol. The molecule has 0 bridgehead atoms. The molecule has 1 aromatic rings. The van der Waals surface area contributed by atoms with Gasteiger partial charge in [0, 0.05) is 39.1 Å². The van der Waals surface area contributed by atoms with Gasteiger partial charge in [-0.05, 0) is 38.2 Å². The molecular formula is C27H43N7O7. The summed E-state index contributed by atoms with van der Waals surface area (Å²) in [5.41, 5.74) is 17.5. The highest BCUT2D eigenvalue weighted by molar-refractivity contribution is 5.90. The summed E-state index contributed by atoms with van der Waals surface area (Å²) in [7, 11) is 1.50. The zero-order valence-electron chi connectivity index (χ0n) is 23.6. The molecule has 0 radical (unpaired) electrons. The van der Waals surface area contributed by atoms with E-state index in [2.05, 4.69) is 15.6 Å². The molecule has 0 spiro atoms. The third-order valence-electron chi connectivity index (χ3n) is 6.99. The molecule has 1 aliphatic rings. The summed E-state index contributed by atoms with van der Waals surface area (Å²) in [5.74, 6) is -3.32. The molecule has 10 N–H and O–H groups in total. The smallest absolute Gasteiger partial charge is 0.326 e. The SMILES string of the molecule is CO[C@H]1CCN(C(=O)[C@@H](NC(=O)[C@@H](N)Cc2ccccc2)[C@H](C)O)C[C@H]1CC(=O)N[C@@H](CCCN=C(N)N)C(=O)O. The molecule has 14 nitrogen and oxygen atoms in total. The number of carbonyl (C=O) groups is 4. The zero-order valence-corrected chi connectivity index (χ0v) is 23.6. The quantitative estimate of drug-likeness (QED) is 0.0708. The van der Waals surface area contributed by atoms with Crippen LogP contribution in [0.2, 0.25) is 0 Å². The molecular weight excluding hydrogens is 534 g/mol. The summed E-state index contributed by atoms with van der Waals surface area (Å²) >= 11 is 0. The molecule has 1 aromatic carbocycles. The van der Waals surface area contributed by atoms with E-state index in [1.807, 2.05) is 30.3 Å². The zero-order chi connectivity index (χ0) is 30.5. The van der Waals surface area contributed by atoms with Gasteiger partial charge in [0.25, 0.3) is 0 Å². The second kappa shape index (κ2) is 16.5. The van der Waals surface area contributed by atoms with Crippen molar-refractivity contribution in [3.8, 4) is 0 Å². The number of methoxy groups -OCH3 is 1. The number of aliphatic imine (C=N–C) groups is 1. The molecule has 0 unspecified atom stereocenters. The van der Waals surface area contributed by atoms with Crippen LogP contribution in [0.25, 0.3) is 0 Å². The lowest BCUT2D eigenvalue weighted by Gasteiger charge is -2.39. The lowest BCUT2D eigenvalue weighted by Crippen LogP contribution is -2.59. The van der Waals surface area contributed by atoms with E-state index in [4.69, 9.17) is 21.9 Å². The van der Waals surface area contributed by atoms with Gasteiger partial charge in [-0.2, -0.15) is 0 Å². The number of amides is 3. The van der Waals surface area contributed by atoms with Gasteiger partial charge in [-0.15, -0.1) is 0 Å². The van der Waals surface area contributed by atoms with Crippen LogP contribution in [-0.2, 0) is 30.3 Å². The Balaban J connectivity index is 2.01. The first-order chi connectivity index (χ1) is 19.4. The minimum atomic E-state index is -1.24. The summed E-state index contributed by atoms with van der Waals surface area (Å²) < 4.78 is 5.54. The van der Waals surface area contributed by atoms with E-state index in [0.29, 0.717) is 12.8 Å². The molecule has 6 atom stereocenters. The van der Waals surface area contributed by atoms with E-state index in [1.54, 1.807) is 0 Å². The largest absolute Gasteiger partial charge is 0.480 e. The van der Waals surface area contributed by atoms with E-state index >= 15 is 0 Å². The number of benzene rings is 1. The van der Waals surface area contributed by atoms with E-state index < -0.39 is 53.8 Å². The normalized spacial score (nSPS) is 19.8. The molecule has 2 rings (SSSR count). The second-order valence-electron chi connectivity index (χ2n) is 10.2. The van der Waals surface area contributed by atoms with Crippen molar-refractivity contribution < 1.29 is 34.1 Å².